The molecule has 114 valence electrons. The minimum Gasteiger partial charge on any atom is -0.469 e. The SMILES string of the molecule is CC(C)C1C(=O)NC(C2CC2)C(=O)N1CCc1ccco1. The largest absolute Gasteiger partial charge is 0.469 e. The summed E-state index contributed by atoms with van der Waals surface area (Å²) in [5, 5.41) is 2.93. The van der Waals surface area contributed by atoms with Crippen LogP contribution in [0.2, 0.25) is 0 Å². The fourth-order valence-electron chi connectivity index (χ4n) is 3.10. The molecule has 0 radical (unpaired) electrons. The van der Waals surface area contributed by atoms with E-state index in [4.69, 9.17) is 4.42 Å². The first kappa shape index (κ1) is 14.2. The highest BCUT2D eigenvalue weighted by Crippen LogP contribution is 2.35. The van der Waals surface area contributed by atoms with E-state index < -0.39 is 0 Å². The van der Waals surface area contributed by atoms with Gasteiger partial charge in [-0.3, -0.25) is 9.59 Å². The lowest BCUT2D eigenvalue weighted by atomic mass is 9.95. The Hall–Kier alpha value is -1.78. The second kappa shape index (κ2) is 5.54. The van der Waals surface area contributed by atoms with Gasteiger partial charge in [0.25, 0.3) is 0 Å². The third-order valence-corrected chi connectivity index (χ3v) is 4.36. The molecule has 2 unspecified atom stereocenters. The van der Waals surface area contributed by atoms with Crippen LogP contribution in [0.3, 0.4) is 0 Å². The molecule has 1 saturated carbocycles. The van der Waals surface area contributed by atoms with Gasteiger partial charge >= 0.3 is 0 Å². The van der Waals surface area contributed by atoms with Crippen LogP contribution in [0.25, 0.3) is 0 Å². The summed E-state index contributed by atoms with van der Waals surface area (Å²) >= 11 is 0. The van der Waals surface area contributed by atoms with Crippen LogP contribution >= 0.6 is 0 Å². The lowest BCUT2D eigenvalue weighted by Gasteiger charge is -2.41. The molecule has 1 N–H and O–H groups in total. The second-order valence-electron chi connectivity index (χ2n) is 6.37. The lowest BCUT2D eigenvalue weighted by molar-refractivity contribution is -0.151. The molecule has 21 heavy (non-hydrogen) atoms. The molecule has 1 aliphatic carbocycles. The van der Waals surface area contributed by atoms with Crippen molar-refractivity contribution in [3.05, 3.63) is 24.2 Å². The van der Waals surface area contributed by atoms with Crippen molar-refractivity contribution in [3.8, 4) is 0 Å². The number of furan rings is 1. The van der Waals surface area contributed by atoms with E-state index in [9.17, 15) is 9.59 Å². The Morgan fingerprint density at radius 1 is 1.38 bits per heavy atom. The predicted molar refractivity (Wildman–Crippen MR) is 77.4 cm³/mol. The first-order valence-corrected chi connectivity index (χ1v) is 7.71. The second-order valence-corrected chi connectivity index (χ2v) is 6.37. The van der Waals surface area contributed by atoms with E-state index in [2.05, 4.69) is 5.32 Å². The van der Waals surface area contributed by atoms with Crippen molar-refractivity contribution in [1.82, 2.24) is 10.2 Å². The Balaban J connectivity index is 1.76. The summed E-state index contributed by atoms with van der Waals surface area (Å²) in [7, 11) is 0. The van der Waals surface area contributed by atoms with Gasteiger partial charge in [-0.05, 0) is 36.8 Å². The average molecular weight is 290 g/mol. The zero-order chi connectivity index (χ0) is 15.0. The van der Waals surface area contributed by atoms with Crippen molar-refractivity contribution in [1.29, 1.82) is 0 Å². The number of hydrogen-bond donors (Lipinski definition) is 1. The summed E-state index contributed by atoms with van der Waals surface area (Å²) in [6.07, 6.45) is 4.35. The quantitative estimate of drug-likeness (QED) is 0.895. The van der Waals surface area contributed by atoms with Crippen molar-refractivity contribution in [2.45, 2.75) is 45.2 Å². The number of piperazine rings is 1. The Kier molecular flexibility index (Phi) is 3.74. The Labute approximate surface area is 124 Å². The fraction of sp³-hybridized carbons (Fsp3) is 0.625. The third-order valence-electron chi connectivity index (χ3n) is 4.36. The van der Waals surface area contributed by atoms with Crippen LogP contribution in [-0.2, 0) is 16.0 Å². The summed E-state index contributed by atoms with van der Waals surface area (Å²) in [6.45, 7) is 4.50. The third kappa shape index (κ3) is 2.82. The molecule has 5 nitrogen and oxygen atoms in total. The van der Waals surface area contributed by atoms with Gasteiger partial charge in [0.2, 0.25) is 11.8 Å². The number of carbonyl (C=O) groups excluding carboxylic acids is 2. The molecular weight excluding hydrogens is 268 g/mol. The van der Waals surface area contributed by atoms with Gasteiger partial charge in [0, 0.05) is 13.0 Å². The van der Waals surface area contributed by atoms with Gasteiger partial charge in [0.1, 0.15) is 17.8 Å². The zero-order valence-corrected chi connectivity index (χ0v) is 12.5. The van der Waals surface area contributed by atoms with Gasteiger partial charge in [-0.1, -0.05) is 13.8 Å². The highest BCUT2D eigenvalue weighted by molar-refractivity contribution is 5.97. The van der Waals surface area contributed by atoms with E-state index in [-0.39, 0.29) is 29.8 Å². The molecule has 1 aromatic rings. The van der Waals surface area contributed by atoms with E-state index >= 15 is 0 Å². The zero-order valence-electron chi connectivity index (χ0n) is 12.5. The molecule has 0 spiro atoms. The molecule has 1 aliphatic heterocycles. The first-order valence-electron chi connectivity index (χ1n) is 7.71. The van der Waals surface area contributed by atoms with E-state index in [1.807, 2.05) is 26.0 Å². The van der Waals surface area contributed by atoms with E-state index in [1.165, 1.54) is 0 Å². The highest BCUT2D eigenvalue weighted by atomic mass is 16.3. The molecule has 2 fully saturated rings. The maximum absolute atomic E-state index is 12.7. The maximum atomic E-state index is 12.7. The molecule has 2 atom stereocenters. The Morgan fingerprint density at radius 2 is 2.14 bits per heavy atom. The highest BCUT2D eigenvalue weighted by Gasteiger charge is 2.47. The summed E-state index contributed by atoms with van der Waals surface area (Å²) in [5.41, 5.74) is 0. The van der Waals surface area contributed by atoms with E-state index in [1.54, 1.807) is 11.2 Å². The van der Waals surface area contributed by atoms with Crippen molar-refractivity contribution >= 4 is 11.8 Å². The minimum absolute atomic E-state index is 0.0130. The van der Waals surface area contributed by atoms with Crippen LogP contribution in [0.1, 0.15) is 32.4 Å². The standard InChI is InChI=1S/C16H22N2O3/c1-10(2)14-15(19)17-13(11-5-6-11)16(20)18(14)8-7-12-4-3-9-21-12/h3-4,9-11,13-14H,5-8H2,1-2H3,(H,17,19). The molecular formula is C16H22N2O3. The molecule has 1 aromatic heterocycles. The summed E-state index contributed by atoms with van der Waals surface area (Å²) in [6, 6.07) is 3.05. The average Bonchev–Trinajstić information content (AvgIpc) is 3.15. The topological polar surface area (TPSA) is 62.6 Å². The van der Waals surface area contributed by atoms with Crippen LogP contribution in [0, 0.1) is 11.8 Å². The number of nitrogens with zero attached hydrogens (tertiary/aromatic N) is 1. The molecule has 3 rings (SSSR count). The Bertz CT molecular complexity index is 520. The van der Waals surface area contributed by atoms with Gasteiger partial charge < -0.3 is 14.6 Å². The summed E-state index contributed by atoms with van der Waals surface area (Å²) < 4.78 is 5.33. The lowest BCUT2D eigenvalue weighted by Crippen LogP contribution is -2.65. The van der Waals surface area contributed by atoms with Gasteiger partial charge in [-0.25, -0.2) is 0 Å². The monoisotopic (exact) mass is 290 g/mol. The van der Waals surface area contributed by atoms with Crippen molar-refractivity contribution in [2.75, 3.05) is 6.54 Å². The van der Waals surface area contributed by atoms with Crippen LogP contribution in [0.4, 0.5) is 0 Å². The molecule has 5 heteroatoms. The van der Waals surface area contributed by atoms with Crippen LogP contribution < -0.4 is 5.32 Å². The normalized spacial score (nSPS) is 26.3. The summed E-state index contributed by atoms with van der Waals surface area (Å²) in [5.74, 6) is 1.34. The van der Waals surface area contributed by atoms with Crippen LogP contribution in [0.5, 0.6) is 0 Å². The van der Waals surface area contributed by atoms with Crippen molar-refractivity contribution < 1.29 is 14.0 Å². The van der Waals surface area contributed by atoms with Gasteiger partial charge in [0.15, 0.2) is 0 Å². The first-order chi connectivity index (χ1) is 10.1. The van der Waals surface area contributed by atoms with Crippen molar-refractivity contribution in [2.24, 2.45) is 11.8 Å². The number of hydrogen-bond acceptors (Lipinski definition) is 3. The smallest absolute Gasteiger partial charge is 0.246 e. The molecule has 2 aliphatic rings. The van der Waals surface area contributed by atoms with Crippen LogP contribution in [-0.4, -0.2) is 35.3 Å². The minimum atomic E-state index is -0.373. The van der Waals surface area contributed by atoms with E-state index in [0.29, 0.717) is 18.9 Å². The van der Waals surface area contributed by atoms with E-state index in [0.717, 1.165) is 18.6 Å². The molecule has 2 amide bonds. The number of nitrogens with one attached hydrogen (secondary N) is 1. The van der Waals surface area contributed by atoms with Crippen molar-refractivity contribution in [3.63, 3.8) is 0 Å². The molecule has 1 saturated heterocycles. The summed E-state index contributed by atoms with van der Waals surface area (Å²) in [4.78, 5) is 26.8. The molecule has 0 aromatic carbocycles. The molecule has 2 heterocycles. The number of carbonyl (C=O) groups is 2. The number of amides is 2. The van der Waals surface area contributed by atoms with Gasteiger partial charge in [-0.2, -0.15) is 0 Å². The maximum Gasteiger partial charge on any atom is 0.246 e. The van der Waals surface area contributed by atoms with Gasteiger partial charge in [-0.15, -0.1) is 0 Å². The fourth-order valence-corrected chi connectivity index (χ4v) is 3.10. The van der Waals surface area contributed by atoms with Gasteiger partial charge in [0.05, 0.1) is 6.26 Å². The predicted octanol–water partition coefficient (Wildman–Crippen LogP) is 1.58. The van der Waals surface area contributed by atoms with Crippen LogP contribution in [0.15, 0.2) is 22.8 Å². The molecule has 0 bridgehead atoms. The Morgan fingerprint density at radius 3 is 2.71 bits per heavy atom. The number of rotatable bonds is 5.